The van der Waals surface area contributed by atoms with Gasteiger partial charge in [-0.25, -0.2) is 0 Å². The van der Waals surface area contributed by atoms with Gasteiger partial charge in [0.15, 0.2) is 5.96 Å². The van der Waals surface area contributed by atoms with Gasteiger partial charge in [-0.05, 0) is 52.3 Å². The molecule has 1 aromatic rings. The van der Waals surface area contributed by atoms with Crippen molar-refractivity contribution in [3.8, 4) is 5.75 Å². The first-order valence-corrected chi connectivity index (χ1v) is 10.1. The fraction of sp³-hybridized carbons (Fsp3) is 0.667. The van der Waals surface area contributed by atoms with Crippen LogP contribution in [0.15, 0.2) is 29.3 Å². The molecule has 160 valence electrons. The highest BCUT2D eigenvalue weighted by molar-refractivity contribution is 14.0. The minimum Gasteiger partial charge on any atom is -0.496 e. The number of aliphatic imine (C=N–C) groups is 1. The molecular weight excluding hydrogens is 467 g/mol. The Morgan fingerprint density at radius 1 is 1.18 bits per heavy atom. The predicted octanol–water partition coefficient (Wildman–Crippen LogP) is 3.43. The fourth-order valence-corrected chi connectivity index (χ4v) is 3.44. The van der Waals surface area contributed by atoms with E-state index in [1.54, 1.807) is 7.11 Å². The van der Waals surface area contributed by atoms with Crippen LogP contribution >= 0.6 is 24.0 Å². The summed E-state index contributed by atoms with van der Waals surface area (Å²) in [5.74, 6) is 1.78. The van der Waals surface area contributed by atoms with Gasteiger partial charge in [0.25, 0.3) is 0 Å². The van der Waals surface area contributed by atoms with Crippen LogP contribution in [0.25, 0.3) is 0 Å². The topological polar surface area (TPSA) is 58.1 Å². The molecule has 1 atom stereocenters. The van der Waals surface area contributed by atoms with Gasteiger partial charge in [-0.15, -0.1) is 24.0 Å². The molecule has 2 rings (SSSR count). The molecule has 1 fully saturated rings. The highest BCUT2D eigenvalue weighted by Crippen LogP contribution is 2.31. The summed E-state index contributed by atoms with van der Waals surface area (Å²) in [6, 6.07) is 8.59. The first-order valence-electron chi connectivity index (χ1n) is 10.1. The summed E-state index contributed by atoms with van der Waals surface area (Å²) in [4.78, 5) is 6.90. The van der Waals surface area contributed by atoms with E-state index in [1.807, 2.05) is 19.2 Å². The van der Waals surface area contributed by atoms with Crippen molar-refractivity contribution in [2.24, 2.45) is 4.99 Å². The van der Waals surface area contributed by atoms with Crippen molar-refractivity contribution in [3.05, 3.63) is 29.8 Å². The lowest BCUT2D eigenvalue weighted by Crippen LogP contribution is -2.43. The van der Waals surface area contributed by atoms with Gasteiger partial charge >= 0.3 is 0 Å². The van der Waals surface area contributed by atoms with E-state index in [0.29, 0.717) is 0 Å². The first kappa shape index (κ1) is 25.0. The van der Waals surface area contributed by atoms with Gasteiger partial charge in [0.1, 0.15) is 5.75 Å². The second-order valence-electron chi connectivity index (χ2n) is 7.15. The van der Waals surface area contributed by atoms with E-state index in [1.165, 1.54) is 18.4 Å². The van der Waals surface area contributed by atoms with E-state index in [9.17, 15) is 0 Å². The average Bonchev–Trinajstić information content (AvgIpc) is 3.20. The van der Waals surface area contributed by atoms with Crippen molar-refractivity contribution in [2.75, 3.05) is 46.9 Å². The van der Waals surface area contributed by atoms with Crippen LogP contribution in [-0.4, -0.2) is 63.9 Å². The van der Waals surface area contributed by atoms with E-state index in [4.69, 9.17) is 9.47 Å². The molecule has 7 heteroatoms. The normalized spacial score (nSPS) is 16.0. The maximum absolute atomic E-state index is 5.62. The molecule has 28 heavy (non-hydrogen) atoms. The maximum atomic E-state index is 5.62. The molecule has 1 unspecified atom stereocenters. The molecule has 1 aliphatic heterocycles. The molecule has 1 aromatic carbocycles. The van der Waals surface area contributed by atoms with E-state index in [0.717, 1.165) is 50.9 Å². The molecule has 1 heterocycles. The number of likely N-dealkylation sites (tertiary alicyclic amines) is 1. The van der Waals surface area contributed by atoms with E-state index < -0.39 is 0 Å². The van der Waals surface area contributed by atoms with E-state index in [-0.39, 0.29) is 36.1 Å². The van der Waals surface area contributed by atoms with E-state index in [2.05, 4.69) is 46.5 Å². The Kier molecular flexibility index (Phi) is 12.5. The van der Waals surface area contributed by atoms with Crippen LogP contribution in [0.4, 0.5) is 0 Å². The fourth-order valence-electron chi connectivity index (χ4n) is 3.44. The van der Waals surface area contributed by atoms with Gasteiger partial charge in [0.2, 0.25) is 0 Å². The number of nitrogens with one attached hydrogen (secondary N) is 2. The Morgan fingerprint density at radius 2 is 1.89 bits per heavy atom. The summed E-state index contributed by atoms with van der Waals surface area (Å²) in [7, 11) is 3.56. The van der Waals surface area contributed by atoms with Gasteiger partial charge in [0.05, 0.1) is 19.3 Å². The third-order valence-electron chi connectivity index (χ3n) is 4.83. The molecule has 0 amide bonds. The molecule has 1 saturated heterocycles. The van der Waals surface area contributed by atoms with Gasteiger partial charge in [0, 0.05) is 32.3 Å². The number of guanidine groups is 1. The highest BCUT2D eigenvalue weighted by Gasteiger charge is 2.25. The smallest absolute Gasteiger partial charge is 0.191 e. The zero-order chi connectivity index (χ0) is 19.5. The summed E-state index contributed by atoms with van der Waals surface area (Å²) in [6.45, 7) is 8.78. The second kappa shape index (κ2) is 14.0. The lowest BCUT2D eigenvalue weighted by Gasteiger charge is -2.30. The number of methoxy groups -OCH3 is 1. The average molecular weight is 504 g/mol. The van der Waals surface area contributed by atoms with Crippen LogP contribution in [0.3, 0.4) is 0 Å². The summed E-state index contributed by atoms with van der Waals surface area (Å²) in [6.07, 6.45) is 3.76. The lowest BCUT2D eigenvalue weighted by molar-refractivity contribution is 0.0776. The highest BCUT2D eigenvalue weighted by atomic mass is 127. The van der Waals surface area contributed by atoms with Crippen LogP contribution in [-0.2, 0) is 4.74 Å². The van der Waals surface area contributed by atoms with Crippen molar-refractivity contribution in [1.29, 1.82) is 0 Å². The Hall–Kier alpha value is -1.06. The molecular formula is C21H37IN4O2. The number of para-hydroxylation sites is 1. The molecule has 0 aliphatic carbocycles. The minimum atomic E-state index is 0. The van der Waals surface area contributed by atoms with Crippen LogP contribution in [0.2, 0.25) is 0 Å². The van der Waals surface area contributed by atoms with Crippen LogP contribution < -0.4 is 15.4 Å². The minimum absolute atomic E-state index is 0. The van der Waals surface area contributed by atoms with Crippen LogP contribution in [0.1, 0.15) is 44.7 Å². The molecule has 0 aromatic heterocycles. The number of hydrogen-bond acceptors (Lipinski definition) is 4. The SMILES string of the molecule is CN=C(NCCCOC(C)C)NCC(c1ccccc1OC)N1CCCC1.I. The largest absolute Gasteiger partial charge is 0.496 e. The molecule has 1 aliphatic rings. The number of halogens is 1. The standard InChI is InChI=1S/C21H36N4O2.HI/c1-17(2)27-15-9-12-23-21(22-3)24-16-19(25-13-7-8-14-25)18-10-5-6-11-20(18)26-4;/h5-6,10-11,17,19H,7-9,12-16H2,1-4H3,(H2,22,23,24);1H. The Labute approximate surface area is 187 Å². The number of hydrogen-bond donors (Lipinski definition) is 2. The number of ether oxygens (including phenoxy) is 2. The number of rotatable bonds is 10. The van der Waals surface area contributed by atoms with Crippen molar-refractivity contribution in [1.82, 2.24) is 15.5 Å². The van der Waals surface area contributed by atoms with Crippen molar-refractivity contribution < 1.29 is 9.47 Å². The summed E-state index contributed by atoms with van der Waals surface area (Å²) < 4.78 is 11.2. The Bertz CT molecular complexity index is 577. The Balaban J connectivity index is 0.00000392. The first-order chi connectivity index (χ1) is 13.2. The van der Waals surface area contributed by atoms with Crippen LogP contribution in [0.5, 0.6) is 5.75 Å². The van der Waals surface area contributed by atoms with Crippen LogP contribution in [0, 0.1) is 0 Å². The van der Waals surface area contributed by atoms with Gasteiger partial charge < -0.3 is 20.1 Å². The van der Waals surface area contributed by atoms with Crippen molar-refractivity contribution in [3.63, 3.8) is 0 Å². The quantitative estimate of drug-likeness (QED) is 0.221. The monoisotopic (exact) mass is 504 g/mol. The molecule has 0 bridgehead atoms. The summed E-state index contributed by atoms with van der Waals surface area (Å²) >= 11 is 0. The third-order valence-corrected chi connectivity index (χ3v) is 4.83. The summed E-state index contributed by atoms with van der Waals surface area (Å²) in [5.41, 5.74) is 1.23. The molecule has 6 nitrogen and oxygen atoms in total. The molecule has 0 spiro atoms. The number of benzene rings is 1. The van der Waals surface area contributed by atoms with Gasteiger partial charge in [-0.2, -0.15) is 0 Å². The maximum Gasteiger partial charge on any atom is 0.191 e. The van der Waals surface area contributed by atoms with E-state index >= 15 is 0 Å². The van der Waals surface area contributed by atoms with Gasteiger partial charge in [-0.3, -0.25) is 9.89 Å². The lowest BCUT2D eigenvalue weighted by atomic mass is 10.0. The summed E-state index contributed by atoms with van der Waals surface area (Å²) in [5, 5.41) is 6.88. The van der Waals surface area contributed by atoms with Crippen molar-refractivity contribution >= 4 is 29.9 Å². The zero-order valence-electron chi connectivity index (χ0n) is 17.7. The molecule has 0 saturated carbocycles. The Morgan fingerprint density at radius 3 is 2.54 bits per heavy atom. The predicted molar refractivity (Wildman–Crippen MR) is 127 cm³/mol. The third kappa shape index (κ3) is 8.13. The zero-order valence-corrected chi connectivity index (χ0v) is 20.1. The number of nitrogens with zero attached hydrogens (tertiary/aromatic N) is 2. The van der Waals surface area contributed by atoms with Gasteiger partial charge in [-0.1, -0.05) is 18.2 Å². The molecule has 2 N–H and O–H groups in total. The molecule has 0 radical (unpaired) electrons. The van der Waals surface area contributed by atoms with Crippen molar-refractivity contribution in [2.45, 2.75) is 45.3 Å². The second-order valence-corrected chi connectivity index (χ2v) is 7.15.